The maximum Gasteiger partial charge on any atom is 0.410 e. The molecule has 1 atom stereocenters. The van der Waals surface area contributed by atoms with Crippen LogP contribution in [0.3, 0.4) is 0 Å². The number of carbonyl (C=O) groups excluding carboxylic acids is 1. The number of halogens is 3. The molecule has 0 saturated carbocycles. The van der Waals surface area contributed by atoms with Gasteiger partial charge in [-0.1, -0.05) is 52.3 Å². The molecule has 1 saturated heterocycles. The number of allylic oxidation sites excluding steroid dienone is 1. The first kappa shape index (κ1) is 23.9. The number of aryl methyl sites for hydroxylation is 1. The Kier molecular flexibility index (Phi) is 8.01. The Morgan fingerprint density at radius 1 is 1.25 bits per heavy atom. The molecule has 2 aromatic carbocycles. The van der Waals surface area contributed by atoms with Crippen molar-refractivity contribution in [3.05, 3.63) is 81.8 Å². The van der Waals surface area contributed by atoms with E-state index in [1.54, 1.807) is 30.3 Å². The quantitative estimate of drug-likeness (QED) is 0.420. The van der Waals surface area contributed by atoms with Gasteiger partial charge < -0.3 is 14.7 Å². The van der Waals surface area contributed by atoms with Crippen molar-refractivity contribution in [3.8, 4) is 0 Å². The Balaban J connectivity index is 1.59. The van der Waals surface area contributed by atoms with Crippen molar-refractivity contribution in [1.82, 2.24) is 4.90 Å². The van der Waals surface area contributed by atoms with Crippen LogP contribution in [0.4, 0.5) is 13.6 Å². The zero-order chi connectivity index (χ0) is 23.1. The first-order valence-electron chi connectivity index (χ1n) is 10.3. The lowest BCUT2D eigenvalue weighted by molar-refractivity contribution is -0.00127. The lowest BCUT2D eigenvalue weighted by Crippen LogP contribution is -2.45. The summed E-state index contributed by atoms with van der Waals surface area (Å²) in [7, 11) is 0. The minimum atomic E-state index is -3.02. The first-order valence-corrected chi connectivity index (χ1v) is 11.1. The molecule has 170 valence electrons. The van der Waals surface area contributed by atoms with Gasteiger partial charge in [0.1, 0.15) is 0 Å². The van der Waals surface area contributed by atoms with Crippen LogP contribution in [-0.4, -0.2) is 41.3 Å². The van der Waals surface area contributed by atoms with Gasteiger partial charge >= 0.3 is 12.1 Å². The van der Waals surface area contributed by atoms with Gasteiger partial charge in [0.05, 0.1) is 18.2 Å². The predicted octanol–water partition coefficient (Wildman–Crippen LogP) is 6.03. The van der Waals surface area contributed by atoms with Crippen molar-refractivity contribution < 1.29 is 28.2 Å². The molecule has 1 heterocycles. The molecule has 1 amide bonds. The Morgan fingerprint density at radius 2 is 2.03 bits per heavy atom. The molecular formula is C24H24BrF2NO4. The van der Waals surface area contributed by atoms with E-state index in [9.17, 15) is 18.4 Å². The Bertz CT molecular complexity index is 995. The van der Waals surface area contributed by atoms with Gasteiger partial charge in [0.15, 0.2) is 0 Å². The summed E-state index contributed by atoms with van der Waals surface area (Å²) in [6.45, 7) is 0.625. The van der Waals surface area contributed by atoms with Gasteiger partial charge in [0, 0.05) is 29.4 Å². The minimum absolute atomic E-state index is 0.0694. The van der Waals surface area contributed by atoms with E-state index in [1.165, 1.54) is 29.2 Å². The summed E-state index contributed by atoms with van der Waals surface area (Å²) in [5.74, 6) is -4.01. The van der Waals surface area contributed by atoms with Gasteiger partial charge in [0.25, 0.3) is 5.92 Å². The Hall–Kier alpha value is -2.74. The topological polar surface area (TPSA) is 66.8 Å². The van der Waals surface area contributed by atoms with Gasteiger partial charge in [-0.3, -0.25) is 0 Å². The van der Waals surface area contributed by atoms with Gasteiger partial charge in [-0.15, -0.1) is 0 Å². The van der Waals surface area contributed by atoms with E-state index >= 15 is 0 Å². The third kappa shape index (κ3) is 6.38. The lowest BCUT2D eigenvalue weighted by Gasteiger charge is -2.33. The standard InChI is InChI=1S/C24H24BrF2NO4/c25-20-9-2-8-19(16-20)24(26,27)12-3-10-21-11-14-32-23(31)28(21)13-4-6-17-5-1-7-18(15-17)22(29)30/h1-3,5,7-10,15-16,21H,4,6,11-14H2,(H,29,30)/b10-3+/t21-/m0/s1. The van der Waals surface area contributed by atoms with Crippen LogP contribution in [0.5, 0.6) is 0 Å². The van der Waals surface area contributed by atoms with Crippen LogP contribution in [0.15, 0.2) is 65.2 Å². The largest absolute Gasteiger partial charge is 0.478 e. The summed E-state index contributed by atoms with van der Waals surface area (Å²) in [4.78, 5) is 24.9. The highest BCUT2D eigenvalue weighted by atomic mass is 79.9. The van der Waals surface area contributed by atoms with E-state index in [0.717, 1.165) is 5.56 Å². The second kappa shape index (κ2) is 10.7. The molecule has 3 rings (SSSR count). The average Bonchev–Trinajstić information content (AvgIpc) is 2.75. The number of amides is 1. The Labute approximate surface area is 193 Å². The summed E-state index contributed by atoms with van der Waals surface area (Å²) in [6.07, 6.45) is 3.84. The molecule has 0 aliphatic carbocycles. The number of alkyl halides is 2. The fourth-order valence-corrected chi connectivity index (χ4v) is 4.02. The normalized spacial score (nSPS) is 16.9. The summed E-state index contributed by atoms with van der Waals surface area (Å²) >= 11 is 3.21. The van der Waals surface area contributed by atoms with Crippen molar-refractivity contribution >= 4 is 28.0 Å². The minimum Gasteiger partial charge on any atom is -0.478 e. The van der Waals surface area contributed by atoms with Crippen molar-refractivity contribution in [2.24, 2.45) is 0 Å². The summed E-state index contributed by atoms with van der Waals surface area (Å²) in [5.41, 5.74) is 1.00. The number of carbonyl (C=O) groups is 2. The molecule has 0 spiro atoms. The number of rotatable bonds is 9. The number of aromatic carboxylic acids is 1. The van der Waals surface area contributed by atoms with Crippen LogP contribution in [0.1, 0.15) is 40.7 Å². The number of benzene rings is 2. The molecule has 0 bridgehead atoms. The number of nitrogens with zero attached hydrogens (tertiary/aromatic N) is 1. The summed E-state index contributed by atoms with van der Waals surface area (Å²) < 4.78 is 34.8. The second-order valence-electron chi connectivity index (χ2n) is 7.62. The third-order valence-electron chi connectivity index (χ3n) is 5.29. The monoisotopic (exact) mass is 507 g/mol. The second-order valence-corrected chi connectivity index (χ2v) is 8.54. The molecule has 1 aliphatic rings. The van der Waals surface area contributed by atoms with Crippen LogP contribution < -0.4 is 0 Å². The molecule has 0 aromatic heterocycles. The molecule has 0 radical (unpaired) electrons. The van der Waals surface area contributed by atoms with Crippen LogP contribution in [0, 0.1) is 0 Å². The van der Waals surface area contributed by atoms with E-state index in [-0.39, 0.29) is 23.8 Å². The number of hydrogen-bond acceptors (Lipinski definition) is 3. The van der Waals surface area contributed by atoms with Crippen molar-refractivity contribution in [2.45, 2.75) is 37.6 Å². The molecular weight excluding hydrogens is 484 g/mol. The molecule has 1 fully saturated rings. The van der Waals surface area contributed by atoms with Gasteiger partial charge in [-0.25, -0.2) is 18.4 Å². The highest BCUT2D eigenvalue weighted by molar-refractivity contribution is 9.10. The number of carboxylic acid groups (broad SMARTS) is 1. The van der Waals surface area contributed by atoms with Crippen LogP contribution in [-0.2, 0) is 17.1 Å². The SMILES string of the molecule is O=C(O)c1cccc(CCCN2C(=O)OCC[C@@H]2/C=C/CC(F)(F)c2cccc(Br)c2)c1. The zero-order valence-electron chi connectivity index (χ0n) is 17.3. The summed E-state index contributed by atoms with van der Waals surface area (Å²) in [6, 6.07) is 12.4. The molecule has 2 aromatic rings. The molecule has 5 nitrogen and oxygen atoms in total. The molecule has 32 heavy (non-hydrogen) atoms. The highest BCUT2D eigenvalue weighted by Crippen LogP contribution is 2.33. The molecule has 1 N–H and O–H groups in total. The third-order valence-corrected chi connectivity index (χ3v) is 5.79. The number of ether oxygens (including phenoxy) is 1. The molecule has 0 unspecified atom stereocenters. The first-order chi connectivity index (χ1) is 15.3. The maximum atomic E-state index is 14.5. The smallest absolute Gasteiger partial charge is 0.410 e. The number of cyclic esters (lactones) is 1. The van der Waals surface area contributed by atoms with Crippen LogP contribution in [0.25, 0.3) is 0 Å². The maximum absolute atomic E-state index is 14.5. The lowest BCUT2D eigenvalue weighted by atomic mass is 10.0. The molecule has 8 heteroatoms. The van der Waals surface area contributed by atoms with E-state index in [0.29, 0.717) is 30.3 Å². The number of carboxylic acids is 1. The van der Waals surface area contributed by atoms with Crippen LogP contribution in [0.2, 0.25) is 0 Å². The fraction of sp³-hybridized carbons (Fsp3) is 0.333. The van der Waals surface area contributed by atoms with E-state index in [4.69, 9.17) is 9.84 Å². The zero-order valence-corrected chi connectivity index (χ0v) is 18.9. The van der Waals surface area contributed by atoms with Crippen LogP contribution >= 0.6 is 15.9 Å². The Morgan fingerprint density at radius 3 is 2.78 bits per heavy atom. The predicted molar refractivity (Wildman–Crippen MR) is 120 cm³/mol. The highest BCUT2D eigenvalue weighted by Gasteiger charge is 2.31. The average molecular weight is 508 g/mol. The fourth-order valence-electron chi connectivity index (χ4n) is 3.62. The summed E-state index contributed by atoms with van der Waals surface area (Å²) in [5, 5.41) is 9.10. The van der Waals surface area contributed by atoms with E-state index in [1.807, 2.05) is 6.07 Å². The molecule has 1 aliphatic heterocycles. The van der Waals surface area contributed by atoms with Gasteiger partial charge in [-0.05, 0) is 42.7 Å². The van der Waals surface area contributed by atoms with E-state index < -0.39 is 24.4 Å². The van der Waals surface area contributed by atoms with Gasteiger partial charge in [-0.2, -0.15) is 0 Å². The van der Waals surface area contributed by atoms with E-state index in [2.05, 4.69) is 15.9 Å². The van der Waals surface area contributed by atoms with Crippen molar-refractivity contribution in [3.63, 3.8) is 0 Å². The van der Waals surface area contributed by atoms with Crippen molar-refractivity contribution in [1.29, 1.82) is 0 Å². The van der Waals surface area contributed by atoms with Gasteiger partial charge in [0.2, 0.25) is 0 Å². The number of hydrogen-bond donors (Lipinski definition) is 1. The van der Waals surface area contributed by atoms with Crippen molar-refractivity contribution in [2.75, 3.05) is 13.2 Å².